The number of hydrogen-bond donors (Lipinski definition) is 1. The van der Waals surface area contributed by atoms with Crippen LogP contribution in [-0.4, -0.2) is 47.1 Å². The van der Waals surface area contributed by atoms with E-state index >= 15 is 0 Å². The number of ketones is 1. The first-order chi connectivity index (χ1) is 17.0. The molecule has 0 unspecified atom stereocenters. The van der Waals surface area contributed by atoms with Gasteiger partial charge in [0, 0.05) is 25.1 Å². The number of ether oxygens (including phenoxy) is 2. The van der Waals surface area contributed by atoms with Crippen LogP contribution < -0.4 is 4.74 Å². The first kappa shape index (κ1) is 21.9. The van der Waals surface area contributed by atoms with E-state index in [9.17, 15) is 14.7 Å². The van der Waals surface area contributed by atoms with Crippen LogP contribution in [0.25, 0.3) is 16.5 Å². The predicted octanol–water partition coefficient (Wildman–Crippen LogP) is 4.76. The summed E-state index contributed by atoms with van der Waals surface area (Å²) in [6.45, 7) is 2.96. The average Bonchev–Trinajstić information content (AvgIpc) is 3.57. The maximum Gasteiger partial charge on any atom is 0.295 e. The van der Waals surface area contributed by atoms with Crippen LogP contribution in [0, 0.1) is 0 Å². The molecule has 0 saturated carbocycles. The highest BCUT2D eigenvalue weighted by molar-refractivity contribution is 6.46. The molecule has 3 aliphatic rings. The standard InChI is InChI=1S/C29H27NO5/c1-17-14-20-15-19(11-12-24(20)35-17)27(31)25-26(23-10-4-7-18-6-2-3-9-22(18)23)30(29(33)28(25)32)16-21-8-5-13-34-21/h2-4,6-7,9-12,15,17,21,26,31H,5,8,13-14,16H2,1H3/t17-,21-,26+/m0/s1. The third-order valence-corrected chi connectivity index (χ3v) is 7.25. The van der Waals surface area contributed by atoms with Crippen LogP contribution in [0.3, 0.4) is 0 Å². The van der Waals surface area contributed by atoms with Crippen molar-refractivity contribution in [2.24, 2.45) is 0 Å². The van der Waals surface area contributed by atoms with Crippen molar-refractivity contribution in [1.82, 2.24) is 4.90 Å². The number of amides is 1. The summed E-state index contributed by atoms with van der Waals surface area (Å²) in [6, 6.07) is 18.5. The Labute approximate surface area is 203 Å². The number of rotatable bonds is 4. The molecule has 0 aliphatic carbocycles. The van der Waals surface area contributed by atoms with E-state index in [1.165, 1.54) is 0 Å². The Morgan fingerprint density at radius 1 is 1.09 bits per heavy atom. The largest absolute Gasteiger partial charge is 0.507 e. The molecule has 6 nitrogen and oxygen atoms in total. The fourth-order valence-electron chi connectivity index (χ4n) is 5.61. The lowest BCUT2D eigenvalue weighted by Crippen LogP contribution is -2.36. The third-order valence-electron chi connectivity index (χ3n) is 7.25. The summed E-state index contributed by atoms with van der Waals surface area (Å²) in [5, 5.41) is 13.5. The lowest BCUT2D eigenvalue weighted by atomic mass is 9.91. The van der Waals surface area contributed by atoms with Gasteiger partial charge in [0.2, 0.25) is 0 Å². The van der Waals surface area contributed by atoms with Crippen molar-refractivity contribution in [3.8, 4) is 5.75 Å². The van der Waals surface area contributed by atoms with E-state index in [1.807, 2.05) is 61.5 Å². The van der Waals surface area contributed by atoms with E-state index in [0.29, 0.717) is 18.7 Å². The molecular weight excluding hydrogens is 442 g/mol. The second-order valence-electron chi connectivity index (χ2n) is 9.61. The van der Waals surface area contributed by atoms with Crippen LogP contribution >= 0.6 is 0 Å². The van der Waals surface area contributed by atoms with Gasteiger partial charge in [0.05, 0.1) is 17.7 Å². The van der Waals surface area contributed by atoms with Crippen LogP contribution in [0.1, 0.15) is 42.5 Å². The van der Waals surface area contributed by atoms with Crippen LogP contribution in [0.4, 0.5) is 0 Å². The lowest BCUT2D eigenvalue weighted by molar-refractivity contribution is -0.140. The minimum Gasteiger partial charge on any atom is -0.507 e. The molecule has 35 heavy (non-hydrogen) atoms. The van der Waals surface area contributed by atoms with Gasteiger partial charge in [0.25, 0.3) is 11.7 Å². The molecule has 3 aromatic rings. The van der Waals surface area contributed by atoms with E-state index in [1.54, 1.807) is 11.0 Å². The number of aliphatic hydroxyl groups excluding tert-OH is 1. The maximum absolute atomic E-state index is 13.4. The smallest absolute Gasteiger partial charge is 0.295 e. The van der Waals surface area contributed by atoms with Crippen LogP contribution in [0.5, 0.6) is 5.75 Å². The topological polar surface area (TPSA) is 76.1 Å². The fourth-order valence-corrected chi connectivity index (χ4v) is 5.61. The lowest BCUT2D eigenvalue weighted by Gasteiger charge is -2.28. The summed E-state index contributed by atoms with van der Waals surface area (Å²) >= 11 is 0. The fraction of sp³-hybridized carbons (Fsp3) is 0.310. The summed E-state index contributed by atoms with van der Waals surface area (Å²) in [5.41, 5.74) is 2.44. The molecule has 3 atom stereocenters. The Hall–Kier alpha value is -3.64. The van der Waals surface area contributed by atoms with E-state index in [0.717, 1.165) is 46.9 Å². The van der Waals surface area contributed by atoms with Crippen molar-refractivity contribution in [3.05, 3.63) is 82.9 Å². The highest BCUT2D eigenvalue weighted by Gasteiger charge is 2.47. The van der Waals surface area contributed by atoms with Crippen molar-refractivity contribution in [2.45, 2.75) is 44.4 Å². The number of Topliss-reactive ketones (excluding diaryl/α,β-unsaturated/α-hetero) is 1. The van der Waals surface area contributed by atoms with Gasteiger partial charge < -0.3 is 19.5 Å². The molecule has 178 valence electrons. The van der Waals surface area contributed by atoms with Gasteiger partial charge in [-0.3, -0.25) is 9.59 Å². The molecule has 3 aliphatic heterocycles. The molecule has 6 heteroatoms. The van der Waals surface area contributed by atoms with Gasteiger partial charge in [0.1, 0.15) is 17.6 Å². The highest BCUT2D eigenvalue weighted by atomic mass is 16.5. The van der Waals surface area contributed by atoms with E-state index in [-0.39, 0.29) is 23.5 Å². The average molecular weight is 470 g/mol. The quantitative estimate of drug-likeness (QED) is 0.339. The summed E-state index contributed by atoms with van der Waals surface area (Å²) < 4.78 is 11.6. The first-order valence-electron chi connectivity index (χ1n) is 12.2. The summed E-state index contributed by atoms with van der Waals surface area (Å²) in [7, 11) is 0. The van der Waals surface area contributed by atoms with Gasteiger partial charge in [0.15, 0.2) is 0 Å². The Balaban J connectivity index is 1.52. The minimum absolute atomic E-state index is 0.0649. The Kier molecular flexibility index (Phi) is 5.33. The van der Waals surface area contributed by atoms with Crippen molar-refractivity contribution in [1.29, 1.82) is 0 Å². The molecule has 0 spiro atoms. The monoisotopic (exact) mass is 469 g/mol. The van der Waals surface area contributed by atoms with Crippen LogP contribution in [-0.2, 0) is 20.7 Å². The van der Waals surface area contributed by atoms with Crippen LogP contribution in [0.15, 0.2) is 66.2 Å². The van der Waals surface area contributed by atoms with Crippen molar-refractivity contribution in [3.63, 3.8) is 0 Å². The number of aliphatic hydroxyl groups is 1. The van der Waals surface area contributed by atoms with E-state index in [4.69, 9.17) is 9.47 Å². The molecule has 3 heterocycles. The van der Waals surface area contributed by atoms with Crippen molar-refractivity contribution in [2.75, 3.05) is 13.2 Å². The molecule has 6 rings (SSSR count). The normalized spacial score (nSPS) is 25.3. The summed E-state index contributed by atoms with van der Waals surface area (Å²) in [5.74, 6) is -0.626. The number of likely N-dealkylation sites (tertiary alicyclic amines) is 1. The van der Waals surface area contributed by atoms with E-state index < -0.39 is 17.7 Å². The van der Waals surface area contributed by atoms with Gasteiger partial charge in [-0.1, -0.05) is 42.5 Å². The summed E-state index contributed by atoms with van der Waals surface area (Å²) in [6.07, 6.45) is 2.45. The molecular formula is C29H27NO5. The number of carbonyl (C=O) groups excluding carboxylic acids is 2. The number of nitrogens with zero attached hydrogens (tertiary/aromatic N) is 1. The second kappa shape index (κ2) is 8.54. The highest BCUT2D eigenvalue weighted by Crippen LogP contribution is 2.43. The minimum atomic E-state index is -0.700. The van der Waals surface area contributed by atoms with Gasteiger partial charge in [-0.25, -0.2) is 0 Å². The third kappa shape index (κ3) is 3.69. The van der Waals surface area contributed by atoms with Gasteiger partial charge in [-0.05, 0) is 59.9 Å². The zero-order chi connectivity index (χ0) is 24.1. The van der Waals surface area contributed by atoms with Gasteiger partial charge in [-0.15, -0.1) is 0 Å². The Morgan fingerprint density at radius 3 is 2.74 bits per heavy atom. The molecule has 3 aromatic carbocycles. The number of benzene rings is 3. The molecule has 2 saturated heterocycles. The summed E-state index contributed by atoms with van der Waals surface area (Å²) in [4.78, 5) is 28.4. The maximum atomic E-state index is 13.4. The molecule has 0 aromatic heterocycles. The number of hydrogen-bond acceptors (Lipinski definition) is 5. The molecule has 0 bridgehead atoms. The Bertz CT molecular complexity index is 1370. The van der Waals surface area contributed by atoms with Gasteiger partial charge in [-0.2, -0.15) is 0 Å². The molecule has 2 fully saturated rings. The second-order valence-corrected chi connectivity index (χ2v) is 9.61. The van der Waals surface area contributed by atoms with Crippen LogP contribution in [0.2, 0.25) is 0 Å². The van der Waals surface area contributed by atoms with E-state index in [2.05, 4.69) is 0 Å². The molecule has 0 radical (unpaired) electrons. The SMILES string of the molecule is C[C@H]1Cc2cc(C(O)=C3C(=O)C(=O)N(C[C@@H]4CCCO4)[C@@H]3c3cccc4ccccc34)ccc2O1. The zero-order valence-corrected chi connectivity index (χ0v) is 19.6. The van der Waals surface area contributed by atoms with Gasteiger partial charge >= 0.3 is 0 Å². The molecule has 1 N–H and O–H groups in total. The number of carbonyl (C=O) groups is 2. The first-order valence-corrected chi connectivity index (χ1v) is 12.2. The van der Waals surface area contributed by atoms with Crippen molar-refractivity contribution >= 4 is 28.2 Å². The number of fused-ring (bicyclic) bond motifs is 2. The zero-order valence-electron chi connectivity index (χ0n) is 19.6. The Morgan fingerprint density at radius 2 is 1.91 bits per heavy atom. The van der Waals surface area contributed by atoms with Crippen molar-refractivity contribution < 1.29 is 24.2 Å². The predicted molar refractivity (Wildman–Crippen MR) is 132 cm³/mol. The molecule has 1 amide bonds.